The van der Waals surface area contributed by atoms with Gasteiger partial charge in [0.2, 0.25) is 5.91 Å². The smallest absolute Gasteiger partial charge is 0.407 e. The van der Waals surface area contributed by atoms with Gasteiger partial charge in [-0.05, 0) is 73.6 Å². The third-order valence-electron chi connectivity index (χ3n) is 7.49. The summed E-state index contributed by atoms with van der Waals surface area (Å²) in [5, 5.41) is 6.10. The quantitative estimate of drug-likeness (QED) is 0.345. The van der Waals surface area contributed by atoms with Gasteiger partial charge in [-0.15, -0.1) is 0 Å². The monoisotopic (exact) mass is 553 g/mol. The molecule has 0 aliphatic carbocycles. The summed E-state index contributed by atoms with van der Waals surface area (Å²) in [5.41, 5.74) is 3.44. The van der Waals surface area contributed by atoms with Crippen LogP contribution in [0.25, 0.3) is 11.3 Å². The van der Waals surface area contributed by atoms with Crippen molar-refractivity contribution in [2.24, 2.45) is 5.92 Å². The van der Waals surface area contributed by atoms with Gasteiger partial charge in [-0.25, -0.2) is 14.8 Å². The van der Waals surface area contributed by atoms with E-state index in [1.807, 2.05) is 38.1 Å². The van der Waals surface area contributed by atoms with E-state index in [0.29, 0.717) is 6.54 Å². The van der Waals surface area contributed by atoms with Gasteiger partial charge in [0.25, 0.3) is 0 Å². The van der Waals surface area contributed by atoms with E-state index in [1.165, 1.54) is 7.11 Å². The van der Waals surface area contributed by atoms with E-state index in [9.17, 15) is 9.59 Å². The highest BCUT2D eigenvalue weighted by Crippen LogP contribution is 2.32. The largest absolute Gasteiger partial charge is 0.453 e. The van der Waals surface area contributed by atoms with Crippen LogP contribution in [0.5, 0.6) is 0 Å². The van der Waals surface area contributed by atoms with Crippen LogP contribution in [0.4, 0.5) is 4.79 Å². The van der Waals surface area contributed by atoms with Crippen LogP contribution in [0, 0.1) is 29.6 Å². The molecule has 3 atom stereocenters. The van der Waals surface area contributed by atoms with Crippen molar-refractivity contribution in [1.29, 1.82) is 0 Å². The number of H-pyrrole nitrogens is 2. The average molecular weight is 554 g/mol. The molecule has 0 spiro atoms. The summed E-state index contributed by atoms with van der Waals surface area (Å²) in [6.45, 7) is 5.44. The first-order chi connectivity index (χ1) is 19.9. The highest BCUT2D eigenvalue weighted by Gasteiger charge is 2.37. The molecule has 2 saturated heterocycles. The van der Waals surface area contributed by atoms with E-state index in [4.69, 9.17) is 4.74 Å². The van der Waals surface area contributed by atoms with Gasteiger partial charge in [-0.1, -0.05) is 31.9 Å². The fourth-order valence-electron chi connectivity index (χ4n) is 5.28. The van der Waals surface area contributed by atoms with E-state index in [1.54, 1.807) is 17.3 Å². The number of hydrogen-bond donors (Lipinski definition) is 4. The van der Waals surface area contributed by atoms with Gasteiger partial charge in [-0.3, -0.25) is 4.79 Å². The fraction of sp³-hybridized carbons (Fsp3) is 0.419. The van der Waals surface area contributed by atoms with Gasteiger partial charge in [-0.2, -0.15) is 0 Å². The maximum absolute atomic E-state index is 13.4. The Balaban J connectivity index is 1.22. The van der Waals surface area contributed by atoms with Crippen LogP contribution < -0.4 is 10.6 Å². The maximum Gasteiger partial charge on any atom is 0.407 e. The molecule has 10 heteroatoms. The van der Waals surface area contributed by atoms with Crippen LogP contribution in [-0.2, 0) is 9.53 Å². The molecule has 2 amide bonds. The van der Waals surface area contributed by atoms with Gasteiger partial charge in [0, 0.05) is 12.1 Å². The van der Waals surface area contributed by atoms with E-state index in [0.717, 1.165) is 66.4 Å². The minimum absolute atomic E-state index is 0.0833. The minimum Gasteiger partial charge on any atom is -0.453 e. The molecule has 0 radical (unpaired) electrons. The second-order valence-corrected chi connectivity index (χ2v) is 10.6. The van der Waals surface area contributed by atoms with Crippen LogP contribution in [0.1, 0.15) is 74.5 Å². The number of likely N-dealkylation sites (tertiary alicyclic amines) is 1. The van der Waals surface area contributed by atoms with E-state index in [2.05, 4.69) is 54.3 Å². The molecule has 10 nitrogen and oxygen atoms in total. The fourth-order valence-corrected chi connectivity index (χ4v) is 5.28. The minimum atomic E-state index is -0.665. The molecule has 5 rings (SSSR count). The van der Waals surface area contributed by atoms with Crippen LogP contribution in [-0.4, -0.2) is 63.1 Å². The molecule has 2 fully saturated rings. The van der Waals surface area contributed by atoms with Gasteiger partial charge < -0.3 is 30.2 Å². The van der Waals surface area contributed by atoms with Crippen molar-refractivity contribution in [3.05, 3.63) is 59.6 Å². The molecule has 0 bridgehead atoms. The number of carbonyl (C=O) groups excluding carboxylic acids is 2. The Labute approximate surface area is 240 Å². The van der Waals surface area contributed by atoms with Crippen molar-refractivity contribution in [2.45, 2.75) is 57.7 Å². The standard InChI is InChI=1S/C31H35N7O3/c1-20(2)27(37-31(40)41-3)30(39)38-17-7-11-26(38)29-34-19-25(36-29)22-14-12-21(13-15-22)8-4-5-9-23-18-33-28(35-23)24-10-6-16-32-24/h12-15,18-20,24,26-27,32H,6-7,10-11,16-17H2,1-3H3,(H,33,35)(H,34,36)(H,37,40)/t24-,26-,27-/m0/s1. The molecular weight excluding hydrogens is 518 g/mol. The van der Waals surface area contributed by atoms with Crippen molar-refractivity contribution >= 4 is 12.0 Å². The van der Waals surface area contributed by atoms with Crippen molar-refractivity contribution in [1.82, 2.24) is 35.5 Å². The summed E-state index contributed by atoms with van der Waals surface area (Å²) in [5.74, 6) is 13.4. The molecule has 4 N–H and O–H groups in total. The Morgan fingerprint density at radius 2 is 1.80 bits per heavy atom. The number of rotatable bonds is 6. The first-order valence-corrected chi connectivity index (χ1v) is 14.0. The van der Waals surface area contributed by atoms with Gasteiger partial charge in [0.15, 0.2) is 0 Å². The lowest BCUT2D eigenvalue weighted by Gasteiger charge is -2.30. The van der Waals surface area contributed by atoms with Crippen molar-refractivity contribution in [3.63, 3.8) is 0 Å². The summed E-state index contributed by atoms with van der Waals surface area (Å²) < 4.78 is 4.72. The lowest BCUT2D eigenvalue weighted by molar-refractivity contribution is -0.135. The van der Waals surface area contributed by atoms with Gasteiger partial charge in [0.1, 0.15) is 23.4 Å². The number of aromatic nitrogens is 4. The van der Waals surface area contributed by atoms with Crippen molar-refractivity contribution in [2.75, 3.05) is 20.2 Å². The molecule has 2 aromatic heterocycles. The van der Waals surface area contributed by atoms with Crippen molar-refractivity contribution < 1.29 is 14.3 Å². The lowest BCUT2D eigenvalue weighted by Crippen LogP contribution is -2.51. The number of hydrogen-bond acceptors (Lipinski definition) is 6. The zero-order chi connectivity index (χ0) is 28.8. The Bertz CT molecular complexity index is 1490. The predicted molar refractivity (Wildman–Crippen MR) is 154 cm³/mol. The third-order valence-corrected chi connectivity index (χ3v) is 7.49. The molecule has 212 valence electrons. The number of nitrogens with one attached hydrogen (secondary N) is 4. The van der Waals surface area contributed by atoms with Crippen LogP contribution in [0.15, 0.2) is 36.7 Å². The highest BCUT2D eigenvalue weighted by molar-refractivity contribution is 5.86. The molecule has 41 heavy (non-hydrogen) atoms. The van der Waals surface area contributed by atoms with Crippen LogP contribution in [0.3, 0.4) is 0 Å². The van der Waals surface area contributed by atoms with E-state index < -0.39 is 12.1 Å². The molecule has 2 aliphatic heterocycles. The number of methoxy groups -OCH3 is 1. The SMILES string of the molecule is COC(=O)N[C@H](C(=O)N1CCC[C@H]1c1ncc(-c2ccc(C#CC#Cc3cnc([C@@H]4CCCN4)[nH]3)cc2)[nH]1)C(C)C. The Morgan fingerprint density at radius 1 is 1.02 bits per heavy atom. The number of nitrogens with zero attached hydrogens (tertiary/aromatic N) is 3. The topological polar surface area (TPSA) is 128 Å². The second-order valence-electron chi connectivity index (χ2n) is 10.6. The van der Waals surface area contributed by atoms with Crippen LogP contribution in [0.2, 0.25) is 0 Å². The number of aromatic amines is 2. The number of alkyl carbamates (subject to hydrolysis) is 1. The highest BCUT2D eigenvalue weighted by atomic mass is 16.5. The lowest BCUT2D eigenvalue weighted by atomic mass is 10.0. The number of benzene rings is 1. The Hall–Kier alpha value is -4.54. The molecule has 3 aromatic rings. The summed E-state index contributed by atoms with van der Waals surface area (Å²) in [4.78, 5) is 42.7. The number of imidazole rings is 2. The van der Waals surface area contributed by atoms with E-state index in [-0.39, 0.29) is 23.9 Å². The summed E-state index contributed by atoms with van der Waals surface area (Å²) >= 11 is 0. The zero-order valence-electron chi connectivity index (χ0n) is 23.6. The summed E-state index contributed by atoms with van der Waals surface area (Å²) in [6.07, 6.45) is 6.84. The third kappa shape index (κ3) is 6.62. The molecule has 0 saturated carbocycles. The van der Waals surface area contributed by atoms with Crippen LogP contribution >= 0.6 is 0 Å². The molecule has 2 aliphatic rings. The predicted octanol–water partition coefficient (Wildman–Crippen LogP) is 3.67. The summed E-state index contributed by atoms with van der Waals surface area (Å²) in [6, 6.07) is 7.30. The Morgan fingerprint density at radius 3 is 2.54 bits per heavy atom. The average Bonchev–Trinajstić information content (AvgIpc) is 3.80. The molecule has 4 heterocycles. The van der Waals surface area contributed by atoms with Gasteiger partial charge >= 0.3 is 6.09 Å². The normalized spacial score (nSPS) is 18.8. The molecule has 1 aromatic carbocycles. The first-order valence-electron chi connectivity index (χ1n) is 14.0. The molecular formula is C31H35N7O3. The number of ether oxygens (including phenoxy) is 1. The number of amides is 2. The van der Waals surface area contributed by atoms with E-state index >= 15 is 0 Å². The zero-order valence-corrected chi connectivity index (χ0v) is 23.6. The van der Waals surface area contributed by atoms with Crippen molar-refractivity contribution in [3.8, 4) is 34.9 Å². The second kappa shape index (κ2) is 12.8. The number of carbonyl (C=O) groups is 2. The summed E-state index contributed by atoms with van der Waals surface area (Å²) in [7, 11) is 1.29. The van der Waals surface area contributed by atoms with Gasteiger partial charge in [0.05, 0.1) is 37.3 Å². The molecule has 0 unspecified atom stereocenters. The first kappa shape index (κ1) is 28.0. The maximum atomic E-state index is 13.4. The Kier molecular flexibility index (Phi) is 8.71.